The SMILES string of the molecule is CCOc1ccc([C@H]2C(C(=O)OC)=CN=c3s/c(=C\c4cc(OC)c(OCC(=O)OC)cc4Br)c(=O)n32)cc1OCC. The standard InChI is InChI=1S/C29H29BrN2O9S/c1-6-39-20-9-8-16(10-22(20)40-7-2)26-18(28(35)38-5)14-31-29-32(26)27(34)24(42-29)12-17-11-21(36-3)23(13-19(17)30)41-15-25(33)37-4/h8-14,26H,6-7,15H2,1-5H3/b24-12-/t26-/m0/s1. The number of hydrogen-bond donors (Lipinski definition) is 0. The van der Waals surface area contributed by atoms with Crippen LogP contribution in [0, 0.1) is 0 Å². The van der Waals surface area contributed by atoms with Crippen molar-refractivity contribution in [2.45, 2.75) is 19.9 Å². The number of ether oxygens (including phenoxy) is 6. The van der Waals surface area contributed by atoms with Gasteiger partial charge in [-0.1, -0.05) is 33.3 Å². The molecule has 0 saturated carbocycles. The van der Waals surface area contributed by atoms with E-state index in [4.69, 9.17) is 23.7 Å². The summed E-state index contributed by atoms with van der Waals surface area (Å²) in [6.07, 6.45) is 3.11. The number of fused-ring (bicyclic) bond motifs is 1. The maximum absolute atomic E-state index is 13.9. The summed E-state index contributed by atoms with van der Waals surface area (Å²) in [7, 11) is 4.01. The van der Waals surface area contributed by atoms with Gasteiger partial charge in [0.25, 0.3) is 5.56 Å². The Bertz CT molecular complexity index is 1710. The molecule has 13 heteroatoms. The number of methoxy groups -OCH3 is 3. The van der Waals surface area contributed by atoms with Crippen LogP contribution in [-0.4, -0.2) is 57.7 Å². The van der Waals surface area contributed by atoms with Crippen molar-refractivity contribution in [2.75, 3.05) is 41.2 Å². The number of rotatable bonds is 11. The van der Waals surface area contributed by atoms with E-state index < -0.39 is 18.0 Å². The van der Waals surface area contributed by atoms with E-state index in [0.29, 0.717) is 61.1 Å². The van der Waals surface area contributed by atoms with Gasteiger partial charge in [-0.2, -0.15) is 0 Å². The Balaban J connectivity index is 1.84. The largest absolute Gasteiger partial charge is 0.493 e. The minimum absolute atomic E-state index is 0.193. The first-order valence-corrected chi connectivity index (χ1v) is 14.4. The number of carbonyl (C=O) groups excluding carboxylic acids is 2. The molecule has 1 atom stereocenters. The van der Waals surface area contributed by atoms with Gasteiger partial charge in [0.15, 0.2) is 34.4 Å². The highest BCUT2D eigenvalue weighted by atomic mass is 79.9. The molecule has 2 aromatic carbocycles. The first-order chi connectivity index (χ1) is 20.3. The van der Waals surface area contributed by atoms with Gasteiger partial charge in [-0.3, -0.25) is 9.36 Å². The van der Waals surface area contributed by atoms with Gasteiger partial charge in [0.05, 0.1) is 50.7 Å². The Hall–Kier alpha value is -4.10. The summed E-state index contributed by atoms with van der Waals surface area (Å²) < 4.78 is 34.5. The minimum atomic E-state index is -0.821. The molecular formula is C29H29BrN2O9S. The van der Waals surface area contributed by atoms with Crippen LogP contribution in [0.15, 0.2) is 56.4 Å². The number of benzene rings is 2. The van der Waals surface area contributed by atoms with E-state index in [1.165, 1.54) is 43.4 Å². The molecular weight excluding hydrogens is 632 g/mol. The lowest BCUT2D eigenvalue weighted by molar-refractivity contribution is -0.143. The number of carbonyl (C=O) groups is 2. The third-order valence-electron chi connectivity index (χ3n) is 6.15. The Morgan fingerprint density at radius 1 is 0.976 bits per heavy atom. The molecule has 1 aliphatic rings. The molecule has 0 N–H and O–H groups in total. The topological polar surface area (TPSA) is 124 Å². The zero-order valence-corrected chi connectivity index (χ0v) is 26.0. The molecule has 0 aliphatic carbocycles. The predicted molar refractivity (Wildman–Crippen MR) is 158 cm³/mol. The smallest absolute Gasteiger partial charge is 0.343 e. The fraction of sp³-hybridized carbons (Fsp3) is 0.310. The van der Waals surface area contributed by atoms with E-state index in [0.717, 1.165) is 0 Å². The van der Waals surface area contributed by atoms with Crippen LogP contribution in [0.4, 0.5) is 0 Å². The summed E-state index contributed by atoms with van der Waals surface area (Å²) in [6, 6.07) is 7.78. The zero-order valence-electron chi connectivity index (χ0n) is 23.6. The minimum Gasteiger partial charge on any atom is -0.493 e. The Labute approximate surface area is 253 Å². The maximum Gasteiger partial charge on any atom is 0.343 e. The van der Waals surface area contributed by atoms with E-state index in [9.17, 15) is 14.4 Å². The first-order valence-electron chi connectivity index (χ1n) is 12.8. The highest BCUT2D eigenvalue weighted by molar-refractivity contribution is 9.10. The molecule has 0 fully saturated rings. The summed E-state index contributed by atoms with van der Waals surface area (Å²) in [6.45, 7) is 4.28. The van der Waals surface area contributed by atoms with Gasteiger partial charge >= 0.3 is 11.9 Å². The predicted octanol–water partition coefficient (Wildman–Crippen LogP) is 3.14. The molecule has 0 bridgehead atoms. The number of hydrogen-bond acceptors (Lipinski definition) is 11. The number of esters is 2. The quantitative estimate of drug-likeness (QED) is 0.285. The van der Waals surface area contributed by atoms with Crippen LogP contribution >= 0.6 is 27.3 Å². The number of halogens is 1. The Morgan fingerprint density at radius 2 is 1.69 bits per heavy atom. The third kappa shape index (κ3) is 6.36. The van der Waals surface area contributed by atoms with Crippen LogP contribution in [0.1, 0.15) is 31.0 Å². The molecule has 2 heterocycles. The molecule has 0 unspecified atom stereocenters. The lowest BCUT2D eigenvalue weighted by Crippen LogP contribution is -2.39. The van der Waals surface area contributed by atoms with Crippen molar-refractivity contribution in [1.29, 1.82) is 0 Å². The second-order valence-corrected chi connectivity index (χ2v) is 10.5. The number of nitrogens with zero attached hydrogens (tertiary/aromatic N) is 2. The molecule has 0 spiro atoms. The highest BCUT2D eigenvalue weighted by Crippen LogP contribution is 2.36. The molecule has 3 aromatic rings. The number of aromatic nitrogens is 1. The average Bonchev–Trinajstić information content (AvgIpc) is 3.31. The number of thiazole rings is 1. The second kappa shape index (κ2) is 13.7. The molecule has 11 nitrogen and oxygen atoms in total. The summed E-state index contributed by atoms with van der Waals surface area (Å²) in [4.78, 5) is 43.1. The van der Waals surface area contributed by atoms with Gasteiger partial charge in [-0.05, 0) is 55.3 Å². The van der Waals surface area contributed by atoms with E-state index >= 15 is 0 Å². The van der Waals surface area contributed by atoms with Crippen molar-refractivity contribution in [3.8, 4) is 23.0 Å². The monoisotopic (exact) mass is 660 g/mol. The summed E-state index contributed by atoms with van der Waals surface area (Å²) in [5.41, 5.74) is 1.07. The molecule has 0 radical (unpaired) electrons. The van der Waals surface area contributed by atoms with Crippen LogP contribution in [0.25, 0.3) is 6.08 Å². The summed E-state index contributed by atoms with van der Waals surface area (Å²) in [5.74, 6) is 0.559. The van der Waals surface area contributed by atoms with E-state index in [-0.39, 0.29) is 17.7 Å². The molecule has 42 heavy (non-hydrogen) atoms. The van der Waals surface area contributed by atoms with Crippen LogP contribution in [-0.2, 0) is 19.1 Å². The fourth-order valence-electron chi connectivity index (χ4n) is 4.26. The highest BCUT2D eigenvalue weighted by Gasteiger charge is 2.31. The molecule has 1 aliphatic heterocycles. The Kier molecular flexibility index (Phi) is 10.1. The third-order valence-corrected chi connectivity index (χ3v) is 7.83. The lowest BCUT2D eigenvalue weighted by atomic mass is 9.97. The second-order valence-electron chi connectivity index (χ2n) is 8.64. The molecule has 1 aromatic heterocycles. The van der Waals surface area contributed by atoms with Crippen molar-refractivity contribution in [3.63, 3.8) is 0 Å². The normalized spacial score (nSPS) is 14.3. The van der Waals surface area contributed by atoms with Crippen molar-refractivity contribution in [3.05, 3.63) is 77.4 Å². The van der Waals surface area contributed by atoms with Crippen molar-refractivity contribution < 1.29 is 38.0 Å². The van der Waals surface area contributed by atoms with Gasteiger partial charge in [0.1, 0.15) is 0 Å². The molecule has 0 saturated heterocycles. The molecule has 4 rings (SSSR count). The van der Waals surface area contributed by atoms with Gasteiger partial charge < -0.3 is 28.4 Å². The van der Waals surface area contributed by atoms with Gasteiger partial charge in [-0.25, -0.2) is 14.6 Å². The Morgan fingerprint density at radius 3 is 2.36 bits per heavy atom. The van der Waals surface area contributed by atoms with Crippen molar-refractivity contribution in [2.24, 2.45) is 4.99 Å². The summed E-state index contributed by atoms with van der Waals surface area (Å²) >= 11 is 4.68. The first kappa shape index (κ1) is 30.8. The van der Waals surface area contributed by atoms with E-state index in [2.05, 4.69) is 25.7 Å². The van der Waals surface area contributed by atoms with Crippen LogP contribution in [0.5, 0.6) is 23.0 Å². The van der Waals surface area contributed by atoms with Crippen LogP contribution < -0.4 is 33.8 Å². The van der Waals surface area contributed by atoms with E-state index in [1.807, 2.05) is 13.8 Å². The van der Waals surface area contributed by atoms with Crippen LogP contribution in [0.3, 0.4) is 0 Å². The zero-order chi connectivity index (χ0) is 30.4. The molecule has 0 amide bonds. The van der Waals surface area contributed by atoms with Crippen molar-refractivity contribution in [1.82, 2.24) is 4.57 Å². The summed E-state index contributed by atoms with van der Waals surface area (Å²) in [5, 5.41) is 0. The van der Waals surface area contributed by atoms with Crippen molar-refractivity contribution >= 4 is 45.3 Å². The lowest BCUT2D eigenvalue weighted by Gasteiger charge is -2.23. The molecule has 222 valence electrons. The van der Waals surface area contributed by atoms with Gasteiger partial charge in [0, 0.05) is 10.7 Å². The van der Waals surface area contributed by atoms with Crippen LogP contribution in [0.2, 0.25) is 0 Å². The average molecular weight is 662 g/mol. The van der Waals surface area contributed by atoms with Gasteiger partial charge in [0.2, 0.25) is 0 Å². The maximum atomic E-state index is 13.9. The fourth-order valence-corrected chi connectivity index (χ4v) is 5.66. The van der Waals surface area contributed by atoms with E-state index in [1.54, 1.807) is 36.4 Å². The van der Waals surface area contributed by atoms with Gasteiger partial charge in [-0.15, -0.1) is 0 Å².